The molecule has 0 aliphatic carbocycles. The summed E-state index contributed by atoms with van der Waals surface area (Å²) in [5, 5.41) is 15.7. The van der Waals surface area contributed by atoms with Gasteiger partial charge in [0.1, 0.15) is 0 Å². The molecule has 0 heterocycles. The van der Waals surface area contributed by atoms with Gasteiger partial charge in [-0.1, -0.05) is 0 Å². The quantitative estimate of drug-likeness (QED) is 0.380. The molecule has 0 atom stereocenters. The summed E-state index contributed by atoms with van der Waals surface area (Å²) in [6.45, 7) is 0.329. The maximum Gasteiger partial charge on any atom is 0.403 e. The number of carbonyl (C=O) groups is 1. The number of halogens is 1. The maximum absolute atomic E-state index is 10.0. The molecule has 12 heavy (non-hydrogen) atoms. The number of hydrogen-bond donors (Lipinski definition) is 2. The van der Waals surface area contributed by atoms with Crippen molar-refractivity contribution >= 4 is 17.0 Å². The van der Waals surface area contributed by atoms with Crippen molar-refractivity contribution in [3.8, 4) is 0 Å². The van der Waals surface area contributed by atoms with Crippen LogP contribution in [0, 0.1) is 0 Å². The number of rotatable bonds is 6. The van der Waals surface area contributed by atoms with Crippen molar-refractivity contribution in [3.63, 3.8) is 0 Å². The van der Waals surface area contributed by atoms with Gasteiger partial charge in [0, 0.05) is 11.6 Å². The fraction of sp³-hybridized carbons (Fsp3) is 0.800. The van der Waals surface area contributed by atoms with Crippen molar-refractivity contribution in [1.29, 1.82) is 0 Å². The van der Waals surface area contributed by atoms with Crippen LogP contribution in [0.25, 0.3) is 0 Å². The van der Waals surface area contributed by atoms with E-state index in [0.717, 1.165) is 0 Å². The first-order valence-electron chi connectivity index (χ1n) is 3.26. The van der Waals surface area contributed by atoms with Crippen LogP contribution in [0.15, 0.2) is 0 Å². The summed E-state index contributed by atoms with van der Waals surface area (Å²) in [7, 11) is 0. The van der Waals surface area contributed by atoms with Gasteiger partial charge >= 0.3 is 5.43 Å². The second kappa shape index (κ2) is 7.26. The minimum absolute atomic E-state index is 0.132. The standard InChI is InChI=1S/C5H10ClNO5/c6-5(8)11-3-1-2-4-12-7(9)10/h9-10H,1-4H2. The number of ether oxygens (including phenoxy) is 1. The van der Waals surface area contributed by atoms with E-state index < -0.39 is 5.43 Å². The Morgan fingerprint density at radius 3 is 2.42 bits per heavy atom. The minimum Gasteiger partial charge on any atom is -0.454 e. The van der Waals surface area contributed by atoms with Crippen LogP contribution < -0.4 is 0 Å². The topological polar surface area (TPSA) is 79.2 Å². The Kier molecular flexibility index (Phi) is 7.02. The van der Waals surface area contributed by atoms with Crippen LogP contribution in [-0.4, -0.2) is 34.4 Å². The Morgan fingerprint density at radius 1 is 1.33 bits per heavy atom. The molecule has 0 aliphatic rings. The summed E-state index contributed by atoms with van der Waals surface area (Å²) in [6.07, 6.45) is 1.08. The van der Waals surface area contributed by atoms with Crippen molar-refractivity contribution in [2.24, 2.45) is 0 Å². The molecule has 0 saturated carbocycles. The molecule has 0 spiro atoms. The van der Waals surface area contributed by atoms with Gasteiger partial charge in [-0.15, -0.1) is 0 Å². The van der Waals surface area contributed by atoms with E-state index in [4.69, 9.17) is 22.0 Å². The first-order valence-corrected chi connectivity index (χ1v) is 3.64. The molecule has 0 aromatic carbocycles. The van der Waals surface area contributed by atoms with Gasteiger partial charge in [-0.2, -0.15) is 0 Å². The van der Waals surface area contributed by atoms with Crippen molar-refractivity contribution in [2.75, 3.05) is 13.2 Å². The summed E-state index contributed by atoms with van der Waals surface area (Å²) < 4.78 is 4.38. The van der Waals surface area contributed by atoms with E-state index in [1.165, 1.54) is 0 Å². The highest BCUT2D eigenvalue weighted by Crippen LogP contribution is 1.94. The molecule has 0 saturated heterocycles. The third kappa shape index (κ3) is 9.60. The zero-order valence-corrected chi connectivity index (χ0v) is 7.03. The highest BCUT2D eigenvalue weighted by molar-refractivity contribution is 6.61. The molecule has 0 amide bonds. The number of nitrogens with zero attached hydrogens (tertiary/aromatic N) is 1. The first kappa shape index (κ1) is 11.6. The molecule has 2 N–H and O–H groups in total. The van der Waals surface area contributed by atoms with E-state index in [9.17, 15) is 4.79 Å². The van der Waals surface area contributed by atoms with Crippen LogP contribution in [0.2, 0.25) is 0 Å². The Bertz CT molecular complexity index is 131. The van der Waals surface area contributed by atoms with Crippen molar-refractivity contribution in [2.45, 2.75) is 12.8 Å². The Balaban J connectivity index is 2.96. The average molecular weight is 200 g/mol. The Morgan fingerprint density at radius 2 is 1.92 bits per heavy atom. The molecule has 0 fully saturated rings. The molecule has 7 heteroatoms. The Hall–Kier alpha value is -0.400. The zero-order valence-electron chi connectivity index (χ0n) is 6.27. The van der Waals surface area contributed by atoms with Crippen LogP contribution >= 0.6 is 11.6 Å². The normalized spacial score (nSPS) is 10.3. The summed E-state index contributed by atoms with van der Waals surface area (Å²) in [6, 6.07) is 0. The number of carbonyl (C=O) groups excluding carboxylic acids is 1. The van der Waals surface area contributed by atoms with Gasteiger partial charge in [0.25, 0.3) is 0 Å². The summed E-state index contributed by atoms with van der Waals surface area (Å²) in [5.41, 5.74) is -0.845. The van der Waals surface area contributed by atoms with Crippen LogP contribution in [0.3, 0.4) is 0 Å². The van der Waals surface area contributed by atoms with Gasteiger partial charge in [-0.3, -0.25) is 15.3 Å². The highest BCUT2D eigenvalue weighted by atomic mass is 35.5. The fourth-order valence-electron chi connectivity index (χ4n) is 0.503. The van der Waals surface area contributed by atoms with Crippen LogP contribution in [-0.2, 0) is 9.57 Å². The van der Waals surface area contributed by atoms with Gasteiger partial charge in [-0.05, 0) is 12.8 Å². The molecule has 0 bridgehead atoms. The molecule has 0 aromatic rings. The van der Waals surface area contributed by atoms with Crippen LogP contribution in [0.4, 0.5) is 4.79 Å². The van der Waals surface area contributed by atoms with E-state index in [1.807, 2.05) is 0 Å². The lowest BCUT2D eigenvalue weighted by molar-refractivity contribution is -0.492. The van der Waals surface area contributed by atoms with Crippen molar-refractivity contribution < 1.29 is 24.8 Å². The van der Waals surface area contributed by atoms with Gasteiger partial charge in [0.05, 0.1) is 18.6 Å². The molecular weight excluding hydrogens is 190 g/mol. The van der Waals surface area contributed by atoms with Crippen molar-refractivity contribution in [3.05, 3.63) is 0 Å². The molecule has 0 rings (SSSR count). The molecule has 72 valence electrons. The second-order valence-electron chi connectivity index (χ2n) is 1.88. The summed E-state index contributed by atoms with van der Waals surface area (Å²) in [4.78, 5) is 14.2. The van der Waals surface area contributed by atoms with E-state index >= 15 is 0 Å². The van der Waals surface area contributed by atoms with Crippen molar-refractivity contribution in [1.82, 2.24) is 5.39 Å². The van der Waals surface area contributed by atoms with E-state index in [1.54, 1.807) is 0 Å². The molecule has 0 radical (unpaired) electrons. The monoisotopic (exact) mass is 199 g/mol. The lowest BCUT2D eigenvalue weighted by Crippen LogP contribution is -2.15. The molecule has 0 aromatic heterocycles. The van der Waals surface area contributed by atoms with Crippen LogP contribution in [0.5, 0.6) is 0 Å². The summed E-state index contributed by atoms with van der Waals surface area (Å²) >= 11 is 4.86. The van der Waals surface area contributed by atoms with Gasteiger partial charge in [-0.25, -0.2) is 4.79 Å². The number of unbranched alkanes of at least 4 members (excludes halogenated alkanes) is 1. The lowest BCUT2D eigenvalue weighted by Gasteiger charge is -2.05. The molecular formula is C5H10ClNO5. The summed E-state index contributed by atoms with van der Waals surface area (Å²) in [5.74, 6) is 0. The average Bonchev–Trinajstić information content (AvgIpc) is 1.95. The Labute approximate surface area is 74.1 Å². The smallest absolute Gasteiger partial charge is 0.403 e. The van der Waals surface area contributed by atoms with Crippen LogP contribution in [0.1, 0.15) is 12.8 Å². The zero-order chi connectivity index (χ0) is 9.40. The largest absolute Gasteiger partial charge is 0.454 e. The van der Waals surface area contributed by atoms with E-state index in [0.29, 0.717) is 12.8 Å². The molecule has 6 nitrogen and oxygen atoms in total. The third-order valence-corrected chi connectivity index (χ3v) is 1.07. The third-order valence-electron chi connectivity index (χ3n) is 0.961. The predicted molar refractivity (Wildman–Crippen MR) is 37.8 cm³/mol. The second-order valence-corrected chi connectivity index (χ2v) is 2.19. The minimum atomic E-state index is -0.845. The first-order chi connectivity index (χ1) is 5.63. The number of hydrogen-bond acceptors (Lipinski definition) is 6. The van der Waals surface area contributed by atoms with E-state index in [-0.39, 0.29) is 18.6 Å². The van der Waals surface area contributed by atoms with Gasteiger partial charge < -0.3 is 4.74 Å². The van der Waals surface area contributed by atoms with Gasteiger partial charge in [0.15, 0.2) is 0 Å². The highest BCUT2D eigenvalue weighted by Gasteiger charge is 1.96. The molecule has 0 aliphatic heterocycles. The lowest BCUT2D eigenvalue weighted by atomic mass is 10.3. The predicted octanol–water partition coefficient (Wildman–Crippen LogP) is 1.15. The maximum atomic E-state index is 10.0. The van der Waals surface area contributed by atoms with Gasteiger partial charge in [0.2, 0.25) is 0 Å². The fourth-order valence-corrected chi connectivity index (χ4v) is 0.580. The van der Waals surface area contributed by atoms with E-state index in [2.05, 4.69) is 9.57 Å². The SMILES string of the molecule is O=C(Cl)OCCCCON(O)O. The molecule has 0 unspecified atom stereocenters.